The van der Waals surface area contributed by atoms with Gasteiger partial charge in [-0.15, -0.1) is 0 Å². The van der Waals surface area contributed by atoms with E-state index in [1.165, 1.54) is 24.0 Å². The van der Waals surface area contributed by atoms with Gasteiger partial charge in [-0.05, 0) is 42.5 Å². The van der Waals surface area contributed by atoms with Crippen molar-refractivity contribution < 1.29 is 14.2 Å². The van der Waals surface area contributed by atoms with E-state index in [1.807, 2.05) is 6.07 Å². The Balaban J connectivity index is 1.25. The van der Waals surface area contributed by atoms with Crippen LogP contribution in [0.5, 0.6) is 5.75 Å². The number of hydrogen-bond acceptors (Lipinski definition) is 3. The van der Waals surface area contributed by atoms with Gasteiger partial charge in [-0.1, -0.05) is 48.9 Å². The van der Waals surface area contributed by atoms with Crippen LogP contribution in [0.25, 0.3) is 11.1 Å². The van der Waals surface area contributed by atoms with Crippen LogP contribution in [-0.4, -0.2) is 32.5 Å². The summed E-state index contributed by atoms with van der Waals surface area (Å²) in [5.74, 6) is 0.947. The van der Waals surface area contributed by atoms with Crippen molar-refractivity contribution >= 4 is 0 Å². The third-order valence-corrected chi connectivity index (χ3v) is 4.12. The van der Waals surface area contributed by atoms with E-state index in [0.29, 0.717) is 6.10 Å². The topological polar surface area (TPSA) is 31.0 Å². The zero-order valence-electron chi connectivity index (χ0n) is 14.2. The molecule has 2 aromatic carbocycles. The average Bonchev–Trinajstić information content (AvgIpc) is 3.46. The standard InChI is InChI=1S/C21H26O3/c1(6-14-22-16-21-17-24-21)2-7-15-23-20-12-10-19(11-13-20)18-8-4-3-5-9-18/h3-5,8-13,21H,1-2,6-7,14-17H2. The van der Waals surface area contributed by atoms with Crippen molar-refractivity contribution in [3.05, 3.63) is 54.6 Å². The average molecular weight is 326 g/mol. The minimum atomic E-state index is 0.381. The molecule has 1 aliphatic rings. The first kappa shape index (κ1) is 17.0. The number of rotatable bonds is 11. The Morgan fingerprint density at radius 2 is 1.46 bits per heavy atom. The molecule has 128 valence electrons. The molecule has 0 bridgehead atoms. The molecular weight excluding hydrogens is 300 g/mol. The number of benzene rings is 2. The molecule has 0 saturated carbocycles. The van der Waals surface area contributed by atoms with Crippen LogP contribution in [-0.2, 0) is 9.47 Å². The SMILES string of the molecule is c1ccc(-c2ccc(OCCCCCCOCC3CO3)cc2)cc1. The first-order valence-corrected chi connectivity index (χ1v) is 8.89. The van der Waals surface area contributed by atoms with Crippen LogP contribution in [0.4, 0.5) is 0 Å². The molecule has 0 N–H and O–H groups in total. The zero-order valence-corrected chi connectivity index (χ0v) is 14.2. The van der Waals surface area contributed by atoms with Crippen LogP contribution < -0.4 is 4.74 Å². The summed E-state index contributed by atoms with van der Waals surface area (Å²) in [5.41, 5.74) is 2.46. The highest BCUT2D eigenvalue weighted by Gasteiger charge is 2.21. The maximum atomic E-state index is 5.82. The molecule has 1 saturated heterocycles. The quantitative estimate of drug-likeness (QED) is 0.443. The van der Waals surface area contributed by atoms with Gasteiger partial charge >= 0.3 is 0 Å². The lowest BCUT2D eigenvalue weighted by Gasteiger charge is -2.08. The van der Waals surface area contributed by atoms with E-state index < -0.39 is 0 Å². The maximum absolute atomic E-state index is 5.82. The van der Waals surface area contributed by atoms with Crippen molar-refractivity contribution in [1.82, 2.24) is 0 Å². The molecule has 3 rings (SSSR count). The summed E-state index contributed by atoms with van der Waals surface area (Å²) in [6, 6.07) is 18.7. The molecule has 1 aliphatic heterocycles. The number of epoxide rings is 1. The molecule has 3 nitrogen and oxygen atoms in total. The van der Waals surface area contributed by atoms with Gasteiger partial charge in [-0.2, -0.15) is 0 Å². The zero-order chi connectivity index (χ0) is 16.5. The van der Waals surface area contributed by atoms with Crippen molar-refractivity contribution in [3.8, 4) is 16.9 Å². The van der Waals surface area contributed by atoms with Gasteiger partial charge in [0.1, 0.15) is 11.9 Å². The summed E-state index contributed by atoms with van der Waals surface area (Å²) in [6.07, 6.45) is 4.98. The molecule has 1 atom stereocenters. The normalized spacial score (nSPS) is 16.1. The summed E-state index contributed by atoms with van der Waals surface area (Å²) in [7, 11) is 0. The molecule has 0 spiro atoms. The van der Waals surface area contributed by atoms with Gasteiger partial charge in [-0.25, -0.2) is 0 Å². The minimum Gasteiger partial charge on any atom is -0.494 e. The van der Waals surface area contributed by atoms with Crippen molar-refractivity contribution in [2.24, 2.45) is 0 Å². The summed E-state index contributed by atoms with van der Waals surface area (Å²) in [4.78, 5) is 0. The van der Waals surface area contributed by atoms with Crippen LogP contribution in [0.3, 0.4) is 0 Å². The van der Waals surface area contributed by atoms with Crippen molar-refractivity contribution in [3.63, 3.8) is 0 Å². The Labute approximate surface area is 144 Å². The Morgan fingerprint density at radius 3 is 2.17 bits per heavy atom. The molecule has 1 heterocycles. The molecule has 1 fully saturated rings. The summed E-state index contributed by atoms with van der Waals surface area (Å²) in [5, 5.41) is 0. The van der Waals surface area contributed by atoms with Gasteiger partial charge in [0.25, 0.3) is 0 Å². The molecule has 2 aromatic rings. The fraction of sp³-hybridized carbons (Fsp3) is 0.429. The lowest BCUT2D eigenvalue weighted by molar-refractivity contribution is 0.112. The third kappa shape index (κ3) is 5.99. The third-order valence-electron chi connectivity index (χ3n) is 4.12. The lowest BCUT2D eigenvalue weighted by atomic mass is 10.1. The summed E-state index contributed by atoms with van der Waals surface area (Å²) >= 11 is 0. The Morgan fingerprint density at radius 1 is 0.792 bits per heavy atom. The predicted octanol–water partition coefficient (Wildman–Crippen LogP) is 4.71. The van der Waals surface area contributed by atoms with Crippen LogP contribution in [0.15, 0.2) is 54.6 Å². The molecule has 0 radical (unpaired) electrons. The highest BCUT2D eigenvalue weighted by Crippen LogP contribution is 2.22. The Hall–Kier alpha value is -1.84. The van der Waals surface area contributed by atoms with Crippen molar-refractivity contribution in [2.45, 2.75) is 31.8 Å². The van der Waals surface area contributed by atoms with E-state index >= 15 is 0 Å². The fourth-order valence-electron chi connectivity index (χ4n) is 2.60. The van der Waals surface area contributed by atoms with Gasteiger partial charge < -0.3 is 14.2 Å². The van der Waals surface area contributed by atoms with E-state index in [4.69, 9.17) is 14.2 Å². The van der Waals surface area contributed by atoms with Gasteiger partial charge in [0, 0.05) is 6.61 Å². The Bertz CT molecular complexity index is 576. The van der Waals surface area contributed by atoms with Crippen LogP contribution in [0, 0.1) is 0 Å². The van der Waals surface area contributed by atoms with Gasteiger partial charge in [0.2, 0.25) is 0 Å². The smallest absolute Gasteiger partial charge is 0.119 e. The lowest BCUT2D eigenvalue weighted by Crippen LogP contribution is -2.03. The van der Waals surface area contributed by atoms with E-state index in [0.717, 1.165) is 45.0 Å². The molecule has 3 heteroatoms. The largest absolute Gasteiger partial charge is 0.494 e. The molecule has 24 heavy (non-hydrogen) atoms. The fourth-order valence-corrected chi connectivity index (χ4v) is 2.60. The van der Waals surface area contributed by atoms with Crippen LogP contribution in [0.1, 0.15) is 25.7 Å². The summed E-state index contributed by atoms with van der Waals surface area (Å²) < 4.78 is 16.4. The monoisotopic (exact) mass is 326 g/mol. The molecule has 1 unspecified atom stereocenters. The minimum absolute atomic E-state index is 0.381. The van der Waals surface area contributed by atoms with Gasteiger partial charge in [0.15, 0.2) is 0 Å². The second-order valence-corrected chi connectivity index (χ2v) is 6.18. The highest BCUT2D eigenvalue weighted by molar-refractivity contribution is 5.63. The molecule has 0 aromatic heterocycles. The maximum Gasteiger partial charge on any atom is 0.119 e. The van der Waals surface area contributed by atoms with Gasteiger partial charge in [0.05, 0.1) is 19.8 Å². The van der Waals surface area contributed by atoms with Crippen LogP contribution >= 0.6 is 0 Å². The number of unbranched alkanes of at least 4 members (excludes halogenated alkanes) is 3. The van der Waals surface area contributed by atoms with E-state index in [2.05, 4.69) is 48.5 Å². The molecule has 0 aliphatic carbocycles. The second kappa shape index (κ2) is 9.45. The highest BCUT2D eigenvalue weighted by atomic mass is 16.6. The van der Waals surface area contributed by atoms with Gasteiger partial charge in [-0.3, -0.25) is 0 Å². The first-order valence-electron chi connectivity index (χ1n) is 8.89. The Kier molecular flexibility index (Phi) is 6.70. The first-order chi connectivity index (χ1) is 11.9. The van der Waals surface area contributed by atoms with Crippen molar-refractivity contribution in [2.75, 3.05) is 26.4 Å². The van der Waals surface area contributed by atoms with Crippen molar-refractivity contribution in [1.29, 1.82) is 0 Å². The predicted molar refractivity (Wildman–Crippen MR) is 96.4 cm³/mol. The van der Waals surface area contributed by atoms with E-state index in [9.17, 15) is 0 Å². The second-order valence-electron chi connectivity index (χ2n) is 6.18. The molecular formula is C21H26O3. The molecule has 0 amide bonds. The van der Waals surface area contributed by atoms with E-state index in [1.54, 1.807) is 0 Å². The number of hydrogen-bond donors (Lipinski definition) is 0. The number of ether oxygens (including phenoxy) is 3. The van der Waals surface area contributed by atoms with Crippen LogP contribution in [0.2, 0.25) is 0 Å². The summed E-state index contributed by atoms with van der Waals surface area (Å²) in [6.45, 7) is 3.27. The van der Waals surface area contributed by atoms with E-state index in [-0.39, 0.29) is 0 Å².